The highest BCUT2D eigenvalue weighted by Crippen LogP contribution is 2.41. The highest BCUT2D eigenvalue weighted by Gasteiger charge is 2.38. The number of benzene rings is 1. The van der Waals surface area contributed by atoms with E-state index in [1.807, 2.05) is 4.90 Å². The van der Waals surface area contributed by atoms with E-state index in [0.29, 0.717) is 17.5 Å². The van der Waals surface area contributed by atoms with Crippen LogP contribution in [0.25, 0.3) is 0 Å². The second-order valence-corrected chi connectivity index (χ2v) is 5.70. The lowest BCUT2D eigenvalue weighted by molar-refractivity contribution is -0.137. The molecule has 0 radical (unpaired) electrons. The molecule has 2 nitrogen and oxygen atoms in total. The molecule has 1 heterocycles. The Hall–Kier alpha value is -1.70. The Morgan fingerprint density at radius 3 is 2.35 bits per heavy atom. The van der Waals surface area contributed by atoms with Crippen molar-refractivity contribution in [3.63, 3.8) is 0 Å². The van der Waals surface area contributed by atoms with E-state index in [0.717, 1.165) is 19.2 Å². The largest absolute Gasteiger partial charge is 0.417 e. The molecule has 2 aliphatic rings. The molecule has 2 fully saturated rings. The fourth-order valence-corrected chi connectivity index (χ4v) is 3.51. The van der Waals surface area contributed by atoms with Crippen LogP contribution in [0.3, 0.4) is 0 Å². The van der Waals surface area contributed by atoms with E-state index >= 15 is 0 Å². The van der Waals surface area contributed by atoms with Crippen LogP contribution in [-0.4, -0.2) is 13.1 Å². The third-order valence-electron chi connectivity index (χ3n) is 4.52. The van der Waals surface area contributed by atoms with Crippen LogP contribution < -0.4 is 4.90 Å². The molecule has 1 aromatic carbocycles. The topological polar surface area (TPSA) is 27.0 Å². The lowest BCUT2D eigenvalue weighted by Gasteiger charge is -2.21. The highest BCUT2D eigenvalue weighted by molar-refractivity contribution is 5.55. The molecule has 5 heteroatoms. The summed E-state index contributed by atoms with van der Waals surface area (Å²) in [7, 11) is 0. The molecule has 20 heavy (non-hydrogen) atoms. The first-order valence-corrected chi connectivity index (χ1v) is 6.85. The quantitative estimate of drug-likeness (QED) is 0.782. The van der Waals surface area contributed by atoms with Crippen LogP contribution in [0.5, 0.6) is 0 Å². The predicted octanol–water partition coefficient (Wildman–Crippen LogP) is 3.81. The molecule has 1 aliphatic carbocycles. The van der Waals surface area contributed by atoms with Crippen molar-refractivity contribution in [2.75, 3.05) is 18.0 Å². The maximum Gasteiger partial charge on any atom is 0.417 e. The SMILES string of the molecule is N#Cc1ccc(N2CC3CCCC3C2)cc1C(F)(F)F. The van der Waals surface area contributed by atoms with Gasteiger partial charge < -0.3 is 4.90 Å². The van der Waals surface area contributed by atoms with Crippen molar-refractivity contribution >= 4 is 5.69 Å². The minimum atomic E-state index is -4.48. The minimum Gasteiger partial charge on any atom is -0.371 e. The minimum absolute atomic E-state index is 0.305. The number of fused-ring (bicyclic) bond motifs is 1. The van der Waals surface area contributed by atoms with Crippen LogP contribution in [0.2, 0.25) is 0 Å². The fourth-order valence-electron chi connectivity index (χ4n) is 3.51. The molecule has 2 unspecified atom stereocenters. The molecule has 0 bridgehead atoms. The fraction of sp³-hybridized carbons (Fsp3) is 0.533. The van der Waals surface area contributed by atoms with Crippen molar-refractivity contribution in [1.29, 1.82) is 5.26 Å². The van der Waals surface area contributed by atoms with Gasteiger partial charge in [-0.3, -0.25) is 0 Å². The number of rotatable bonds is 1. The zero-order chi connectivity index (χ0) is 14.3. The number of hydrogen-bond acceptors (Lipinski definition) is 2. The molecule has 1 saturated heterocycles. The molecule has 2 atom stereocenters. The summed E-state index contributed by atoms with van der Waals surface area (Å²) in [5, 5.41) is 8.81. The summed E-state index contributed by atoms with van der Waals surface area (Å²) in [5.41, 5.74) is -0.541. The summed E-state index contributed by atoms with van der Waals surface area (Å²) in [6.45, 7) is 1.68. The first-order chi connectivity index (χ1) is 9.49. The van der Waals surface area contributed by atoms with Crippen LogP contribution in [0.15, 0.2) is 18.2 Å². The lowest BCUT2D eigenvalue weighted by atomic mass is 10.0. The maximum atomic E-state index is 13.0. The van der Waals surface area contributed by atoms with Crippen molar-refractivity contribution in [3.05, 3.63) is 29.3 Å². The Bertz CT molecular complexity index is 547. The van der Waals surface area contributed by atoms with Crippen molar-refractivity contribution in [3.8, 4) is 6.07 Å². The number of nitrogens with zero attached hydrogens (tertiary/aromatic N) is 2. The second-order valence-electron chi connectivity index (χ2n) is 5.70. The molecule has 106 valence electrons. The molecule has 0 amide bonds. The number of anilines is 1. The van der Waals surface area contributed by atoms with E-state index in [1.54, 1.807) is 12.1 Å². The molecule has 1 saturated carbocycles. The third kappa shape index (κ3) is 2.24. The average Bonchev–Trinajstić information content (AvgIpc) is 2.97. The van der Waals surface area contributed by atoms with Gasteiger partial charge in [-0.25, -0.2) is 0 Å². The Labute approximate surface area is 115 Å². The van der Waals surface area contributed by atoms with Crippen LogP contribution >= 0.6 is 0 Å². The van der Waals surface area contributed by atoms with Gasteiger partial charge in [0.15, 0.2) is 0 Å². The second kappa shape index (κ2) is 4.69. The summed E-state index contributed by atoms with van der Waals surface area (Å²) in [6, 6.07) is 5.66. The Kier molecular flexibility index (Phi) is 3.12. The van der Waals surface area contributed by atoms with E-state index in [-0.39, 0.29) is 5.56 Å². The summed E-state index contributed by atoms with van der Waals surface area (Å²) >= 11 is 0. The molecule has 0 N–H and O–H groups in total. The standard InChI is InChI=1S/C15H15F3N2/c16-15(17,18)14-6-13(5-4-10(14)7-19)20-8-11-2-1-3-12(11)9-20/h4-6,11-12H,1-3,8-9H2. The molecule has 0 spiro atoms. The van der Waals surface area contributed by atoms with Crippen LogP contribution in [0.1, 0.15) is 30.4 Å². The van der Waals surface area contributed by atoms with Gasteiger partial charge >= 0.3 is 6.18 Å². The molecule has 1 aliphatic heterocycles. The van der Waals surface area contributed by atoms with Crippen molar-refractivity contribution < 1.29 is 13.2 Å². The lowest BCUT2D eigenvalue weighted by Crippen LogP contribution is -2.21. The molecule has 0 aromatic heterocycles. The molecule has 1 aromatic rings. The van der Waals surface area contributed by atoms with Gasteiger partial charge in [0, 0.05) is 18.8 Å². The third-order valence-corrected chi connectivity index (χ3v) is 4.52. The van der Waals surface area contributed by atoms with Crippen molar-refractivity contribution in [1.82, 2.24) is 0 Å². The monoisotopic (exact) mass is 280 g/mol. The molecular weight excluding hydrogens is 265 g/mol. The number of nitriles is 1. The van der Waals surface area contributed by atoms with E-state index < -0.39 is 11.7 Å². The normalized spacial score (nSPS) is 25.6. The zero-order valence-electron chi connectivity index (χ0n) is 11.0. The van der Waals surface area contributed by atoms with E-state index in [9.17, 15) is 13.2 Å². The van der Waals surface area contributed by atoms with Gasteiger partial charge in [0.25, 0.3) is 0 Å². The van der Waals surface area contributed by atoms with E-state index in [2.05, 4.69) is 0 Å². The Balaban J connectivity index is 1.90. The van der Waals surface area contributed by atoms with Gasteiger partial charge in [-0.2, -0.15) is 18.4 Å². The van der Waals surface area contributed by atoms with Gasteiger partial charge in [0.2, 0.25) is 0 Å². The van der Waals surface area contributed by atoms with Crippen LogP contribution in [0, 0.1) is 23.2 Å². The summed E-state index contributed by atoms with van der Waals surface area (Å²) in [6.07, 6.45) is -0.867. The highest BCUT2D eigenvalue weighted by atomic mass is 19.4. The van der Waals surface area contributed by atoms with Crippen LogP contribution in [0.4, 0.5) is 18.9 Å². The Morgan fingerprint density at radius 2 is 1.80 bits per heavy atom. The van der Waals surface area contributed by atoms with Gasteiger partial charge in [-0.1, -0.05) is 6.42 Å². The van der Waals surface area contributed by atoms with Gasteiger partial charge in [0.1, 0.15) is 0 Å². The zero-order valence-corrected chi connectivity index (χ0v) is 11.0. The van der Waals surface area contributed by atoms with Crippen molar-refractivity contribution in [2.24, 2.45) is 11.8 Å². The summed E-state index contributed by atoms with van der Waals surface area (Å²) in [5.74, 6) is 1.25. The Morgan fingerprint density at radius 1 is 1.15 bits per heavy atom. The van der Waals surface area contributed by atoms with Crippen molar-refractivity contribution in [2.45, 2.75) is 25.4 Å². The molecular formula is C15H15F3N2. The number of alkyl halides is 3. The predicted molar refractivity (Wildman–Crippen MR) is 69.2 cm³/mol. The summed E-state index contributed by atoms with van der Waals surface area (Å²) in [4.78, 5) is 2.03. The number of hydrogen-bond donors (Lipinski definition) is 0. The summed E-state index contributed by atoms with van der Waals surface area (Å²) < 4.78 is 38.9. The average molecular weight is 280 g/mol. The van der Waals surface area contributed by atoms with E-state index in [4.69, 9.17) is 5.26 Å². The maximum absolute atomic E-state index is 13.0. The van der Waals surface area contributed by atoms with E-state index in [1.165, 1.54) is 25.3 Å². The molecule has 3 rings (SSSR count). The smallest absolute Gasteiger partial charge is 0.371 e. The van der Waals surface area contributed by atoms with Crippen LogP contribution in [-0.2, 0) is 6.18 Å². The number of halogens is 3. The first-order valence-electron chi connectivity index (χ1n) is 6.85. The van der Waals surface area contributed by atoms with Gasteiger partial charge in [-0.15, -0.1) is 0 Å². The first kappa shape index (κ1) is 13.3. The van der Waals surface area contributed by atoms with Gasteiger partial charge in [0.05, 0.1) is 17.2 Å². The van der Waals surface area contributed by atoms with Gasteiger partial charge in [-0.05, 0) is 42.9 Å².